The van der Waals surface area contributed by atoms with Gasteiger partial charge in [-0.2, -0.15) is 0 Å². The van der Waals surface area contributed by atoms with Crippen molar-refractivity contribution in [3.63, 3.8) is 0 Å². The first-order valence-electron chi connectivity index (χ1n) is 7.64. The van der Waals surface area contributed by atoms with Gasteiger partial charge in [0.2, 0.25) is 5.56 Å². The number of rotatable bonds is 7. The number of pyridine rings is 2. The van der Waals surface area contributed by atoms with Gasteiger partial charge in [0.05, 0.1) is 0 Å². The second-order valence-corrected chi connectivity index (χ2v) is 5.29. The van der Waals surface area contributed by atoms with Crippen LogP contribution < -0.4 is 10.9 Å². The average molecular weight is 285 g/mol. The van der Waals surface area contributed by atoms with Gasteiger partial charge in [-0.15, -0.1) is 0 Å². The minimum Gasteiger partial charge on any atom is -0.367 e. The number of nitrogens with zero attached hydrogens (tertiary/aromatic N) is 1. The predicted molar refractivity (Wildman–Crippen MR) is 87.5 cm³/mol. The highest BCUT2D eigenvalue weighted by atomic mass is 16.1. The Bertz CT molecular complexity index is 615. The molecule has 0 spiro atoms. The van der Waals surface area contributed by atoms with Gasteiger partial charge in [0.1, 0.15) is 5.82 Å². The molecule has 112 valence electrons. The predicted octanol–water partition coefficient (Wildman–Crippen LogP) is 3.82. The summed E-state index contributed by atoms with van der Waals surface area (Å²) in [6.07, 6.45) is 8.06. The third kappa shape index (κ3) is 4.45. The van der Waals surface area contributed by atoms with Crippen molar-refractivity contribution in [3.05, 3.63) is 47.0 Å². The van der Waals surface area contributed by atoms with Gasteiger partial charge in [-0.05, 0) is 42.2 Å². The molecule has 4 nitrogen and oxygen atoms in total. The summed E-state index contributed by atoms with van der Waals surface area (Å²) in [5, 5.41) is 3.51. The maximum atomic E-state index is 11.4. The monoisotopic (exact) mass is 285 g/mol. The van der Waals surface area contributed by atoms with E-state index in [1.54, 1.807) is 18.5 Å². The molecule has 4 heteroatoms. The molecule has 0 fully saturated rings. The lowest BCUT2D eigenvalue weighted by atomic mass is 10.1. The van der Waals surface area contributed by atoms with Crippen molar-refractivity contribution in [1.29, 1.82) is 0 Å². The van der Waals surface area contributed by atoms with E-state index in [2.05, 4.69) is 29.1 Å². The Morgan fingerprint density at radius 2 is 1.86 bits per heavy atom. The molecule has 2 N–H and O–H groups in total. The van der Waals surface area contributed by atoms with E-state index in [0.29, 0.717) is 6.04 Å². The summed E-state index contributed by atoms with van der Waals surface area (Å²) in [5.74, 6) is 0.875. The van der Waals surface area contributed by atoms with E-state index >= 15 is 0 Å². The van der Waals surface area contributed by atoms with Crippen LogP contribution in [-0.4, -0.2) is 16.0 Å². The van der Waals surface area contributed by atoms with Crippen LogP contribution in [0.5, 0.6) is 0 Å². The highest BCUT2D eigenvalue weighted by molar-refractivity contribution is 5.65. The van der Waals surface area contributed by atoms with Crippen LogP contribution in [0.2, 0.25) is 0 Å². The average Bonchev–Trinajstić information content (AvgIpc) is 2.48. The zero-order valence-electron chi connectivity index (χ0n) is 12.7. The number of H-pyrrole nitrogens is 1. The lowest BCUT2D eigenvalue weighted by molar-refractivity contribution is 0.584. The molecule has 0 radical (unpaired) electrons. The SMILES string of the molecule is CCCC(CCC)Nc1cc(-c2cc[nH]c(=O)c2)ccn1. The zero-order valence-corrected chi connectivity index (χ0v) is 12.7. The highest BCUT2D eigenvalue weighted by Gasteiger charge is 2.08. The first-order chi connectivity index (χ1) is 10.2. The summed E-state index contributed by atoms with van der Waals surface area (Å²) in [6, 6.07) is 7.90. The largest absolute Gasteiger partial charge is 0.367 e. The molecule has 21 heavy (non-hydrogen) atoms. The second-order valence-electron chi connectivity index (χ2n) is 5.29. The maximum Gasteiger partial charge on any atom is 0.248 e. The first-order valence-corrected chi connectivity index (χ1v) is 7.64. The number of anilines is 1. The molecule has 0 unspecified atom stereocenters. The van der Waals surface area contributed by atoms with Crippen molar-refractivity contribution in [1.82, 2.24) is 9.97 Å². The third-order valence-electron chi connectivity index (χ3n) is 3.49. The standard InChI is InChI=1S/C17H23N3O/c1-3-5-15(6-4-2)20-16-11-13(7-9-18-16)14-8-10-19-17(21)12-14/h7-12,15H,3-6H2,1-2H3,(H,18,20)(H,19,21). The molecular formula is C17H23N3O. The van der Waals surface area contributed by atoms with Gasteiger partial charge in [-0.1, -0.05) is 26.7 Å². The fraction of sp³-hybridized carbons (Fsp3) is 0.412. The number of nitrogens with one attached hydrogen (secondary N) is 2. The minimum absolute atomic E-state index is 0.0892. The summed E-state index contributed by atoms with van der Waals surface area (Å²) >= 11 is 0. The summed E-state index contributed by atoms with van der Waals surface area (Å²) in [7, 11) is 0. The van der Waals surface area contributed by atoms with Crippen LogP contribution in [0.25, 0.3) is 11.1 Å². The lowest BCUT2D eigenvalue weighted by Crippen LogP contribution is -2.19. The van der Waals surface area contributed by atoms with E-state index in [0.717, 1.165) is 42.6 Å². The normalized spacial score (nSPS) is 10.8. The van der Waals surface area contributed by atoms with Crippen molar-refractivity contribution >= 4 is 5.82 Å². The van der Waals surface area contributed by atoms with Crippen LogP contribution in [-0.2, 0) is 0 Å². The maximum absolute atomic E-state index is 11.4. The summed E-state index contributed by atoms with van der Waals surface area (Å²) < 4.78 is 0. The van der Waals surface area contributed by atoms with E-state index in [1.807, 2.05) is 18.2 Å². The topological polar surface area (TPSA) is 57.8 Å². The molecule has 2 aromatic heterocycles. The van der Waals surface area contributed by atoms with E-state index in [9.17, 15) is 4.79 Å². The fourth-order valence-corrected chi connectivity index (χ4v) is 2.51. The van der Waals surface area contributed by atoms with Crippen molar-refractivity contribution in [2.45, 2.75) is 45.6 Å². The first kappa shape index (κ1) is 15.3. The van der Waals surface area contributed by atoms with Crippen molar-refractivity contribution < 1.29 is 0 Å². The third-order valence-corrected chi connectivity index (χ3v) is 3.49. The smallest absolute Gasteiger partial charge is 0.248 e. The molecule has 0 aliphatic heterocycles. The Morgan fingerprint density at radius 1 is 1.14 bits per heavy atom. The molecule has 2 heterocycles. The van der Waals surface area contributed by atoms with Crippen LogP contribution in [0.3, 0.4) is 0 Å². The van der Waals surface area contributed by atoms with E-state index in [4.69, 9.17) is 0 Å². The van der Waals surface area contributed by atoms with Crippen LogP contribution in [0.15, 0.2) is 41.5 Å². The van der Waals surface area contributed by atoms with E-state index in [1.165, 1.54) is 0 Å². The molecule has 0 bridgehead atoms. The molecular weight excluding hydrogens is 262 g/mol. The molecule has 0 saturated heterocycles. The van der Waals surface area contributed by atoms with Crippen molar-refractivity contribution in [2.75, 3.05) is 5.32 Å². The molecule has 0 aliphatic rings. The van der Waals surface area contributed by atoms with Gasteiger partial charge in [0.15, 0.2) is 0 Å². The molecule has 0 aliphatic carbocycles. The Hall–Kier alpha value is -2.10. The minimum atomic E-state index is -0.0892. The van der Waals surface area contributed by atoms with Crippen molar-refractivity contribution in [3.8, 4) is 11.1 Å². The molecule has 0 aromatic carbocycles. The number of aromatic amines is 1. The molecule has 2 aromatic rings. The van der Waals surface area contributed by atoms with Gasteiger partial charge >= 0.3 is 0 Å². The molecule has 2 rings (SSSR count). The lowest BCUT2D eigenvalue weighted by Gasteiger charge is -2.18. The van der Waals surface area contributed by atoms with Crippen LogP contribution in [0.4, 0.5) is 5.82 Å². The van der Waals surface area contributed by atoms with Gasteiger partial charge in [0.25, 0.3) is 0 Å². The Kier molecular flexibility index (Phi) is 5.55. The van der Waals surface area contributed by atoms with Crippen LogP contribution >= 0.6 is 0 Å². The Balaban J connectivity index is 2.19. The van der Waals surface area contributed by atoms with Gasteiger partial charge in [-0.3, -0.25) is 4.79 Å². The van der Waals surface area contributed by atoms with Crippen LogP contribution in [0.1, 0.15) is 39.5 Å². The van der Waals surface area contributed by atoms with Crippen LogP contribution in [0, 0.1) is 0 Å². The zero-order chi connectivity index (χ0) is 15.1. The molecule has 0 amide bonds. The molecule has 0 atom stereocenters. The summed E-state index contributed by atoms with van der Waals surface area (Å²) in [5.41, 5.74) is 1.82. The summed E-state index contributed by atoms with van der Waals surface area (Å²) in [6.45, 7) is 4.40. The second kappa shape index (κ2) is 7.62. The number of hydrogen-bond acceptors (Lipinski definition) is 3. The summed E-state index contributed by atoms with van der Waals surface area (Å²) in [4.78, 5) is 18.4. The number of hydrogen-bond donors (Lipinski definition) is 2. The quantitative estimate of drug-likeness (QED) is 0.813. The Labute approximate surface area is 125 Å². The van der Waals surface area contributed by atoms with Crippen molar-refractivity contribution in [2.24, 2.45) is 0 Å². The van der Waals surface area contributed by atoms with Gasteiger partial charge in [-0.25, -0.2) is 4.98 Å². The number of aromatic nitrogens is 2. The Morgan fingerprint density at radius 3 is 2.52 bits per heavy atom. The van der Waals surface area contributed by atoms with E-state index in [-0.39, 0.29) is 5.56 Å². The molecule has 0 saturated carbocycles. The van der Waals surface area contributed by atoms with E-state index < -0.39 is 0 Å². The van der Waals surface area contributed by atoms with Gasteiger partial charge < -0.3 is 10.3 Å². The fourth-order valence-electron chi connectivity index (χ4n) is 2.51. The highest BCUT2D eigenvalue weighted by Crippen LogP contribution is 2.21. The van der Waals surface area contributed by atoms with Gasteiger partial charge in [0, 0.05) is 24.5 Å².